The highest BCUT2D eigenvalue weighted by atomic mass is 19.4. The van der Waals surface area contributed by atoms with E-state index in [2.05, 4.69) is 20.4 Å². The van der Waals surface area contributed by atoms with Crippen molar-refractivity contribution in [2.24, 2.45) is 5.41 Å². The molecular formula is C31H30F5N7O3. The molecule has 2 atom stereocenters. The van der Waals surface area contributed by atoms with E-state index in [-0.39, 0.29) is 39.6 Å². The third kappa shape index (κ3) is 6.32. The van der Waals surface area contributed by atoms with Crippen molar-refractivity contribution in [1.82, 2.24) is 25.1 Å². The van der Waals surface area contributed by atoms with Crippen LogP contribution in [0.4, 0.5) is 33.7 Å². The number of carbonyl (C=O) groups is 1. The molecule has 6 rings (SSSR count). The molecule has 1 spiro atoms. The Kier molecular flexibility index (Phi) is 8.04. The number of nitrogens with zero attached hydrogens (tertiary/aromatic N) is 5. The molecule has 10 nitrogen and oxygen atoms in total. The molecule has 15 heteroatoms. The van der Waals surface area contributed by atoms with Crippen LogP contribution >= 0.6 is 0 Å². The Labute approximate surface area is 260 Å². The van der Waals surface area contributed by atoms with Gasteiger partial charge in [0.05, 0.1) is 11.4 Å². The Balaban J connectivity index is 1.33. The lowest BCUT2D eigenvalue weighted by atomic mass is 9.76. The number of nitrogens with one attached hydrogen (secondary N) is 1. The van der Waals surface area contributed by atoms with E-state index in [9.17, 15) is 31.9 Å². The number of piperidine rings is 1. The maximum absolute atomic E-state index is 14.9. The third-order valence-electron chi connectivity index (χ3n) is 8.58. The summed E-state index contributed by atoms with van der Waals surface area (Å²) in [6, 6.07) is 9.45. The summed E-state index contributed by atoms with van der Waals surface area (Å²) in [6.45, 7) is 3.20. The zero-order chi connectivity index (χ0) is 32.8. The summed E-state index contributed by atoms with van der Waals surface area (Å²) in [5, 5.41) is 16.7. The number of nitrogen functional groups attached to an aromatic ring is 1. The van der Waals surface area contributed by atoms with Crippen molar-refractivity contribution in [3.05, 3.63) is 77.6 Å². The molecule has 0 saturated carbocycles. The molecule has 4 aromatic rings. The van der Waals surface area contributed by atoms with Gasteiger partial charge in [-0.25, -0.2) is 13.5 Å². The minimum absolute atomic E-state index is 0.0511. The number of aryl methyl sites for hydroxylation is 1. The van der Waals surface area contributed by atoms with E-state index >= 15 is 0 Å². The van der Waals surface area contributed by atoms with Gasteiger partial charge in [0.1, 0.15) is 11.9 Å². The van der Waals surface area contributed by atoms with Gasteiger partial charge in [-0.15, -0.1) is 0 Å². The van der Waals surface area contributed by atoms with Gasteiger partial charge < -0.3 is 25.8 Å². The first kappa shape index (κ1) is 31.2. The number of rotatable bonds is 7. The molecule has 0 radical (unpaired) electrons. The van der Waals surface area contributed by atoms with Crippen molar-refractivity contribution >= 4 is 17.7 Å². The number of benzene rings is 2. The molecule has 2 unspecified atom stereocenters. The first-order valence-electron chi connectivity index (χ1n) is 14.5. The number of hydrogen-bond acceptors (Lipinski definition) is 8. The maximum Gasteiger partial charge on any atom is 0.429 e. The molecule has 2 aromatic carbocycles. The van der Waals surface area contributed by atoms with Crippen molar-refractivity contribution in [2.75, 3.05) is 30.3 Å². The molecule has 0 amide bonds. The molecule has 4 heterocycles. The van der Waals surface area contributed by atoms with Crippen LogP contribution in [0.15, 0.2) is 54.7 Å². The van der Waals surface area contributed by atoms with E-state index in [0.29, 0.717) is 44.6 Å². The van der Waals surface area contributed by atoms with Crippen LogP contribution in [0.3, 0.4) is 0 Å². The topological polar surface area (TPSA) is 131 Å². The molecule has 4 N–H and O–H groups in total. The average Bonchev–Trinajstić information content (AvgIpc) is 3.63. The normalized spacial score (nSPS) is 18.6. The summed E-state index contributed by atoms with van der Waals surface area (Å²) in [7, 11) is 0. The van der Waals surface area contributed by atoms with E-state index in [1.165, 1.54) is 41.2 Å². The van der Waals surface area contributed by atoms with Crippen molar-refractivity contribution in [2.45, 2.75) is 44.5 Å². The second-order valence-electron chi connectivity index (χ2n) is 11.7. The summed E-state index contributed by atoms with van der Waals surface area (Å²) in [5.74, 6) is -3.56. The number of aliphatic carboxylic acids is 1. The van der Waals surface area contributed by atoms with Gasteiger partial charge in [0, 0.05) is 37.5 Å². The number of carboxylic acids is 1. The SMILES string of the molecule is Cc1ccn(-c2ccc(-c3ccc(F)c(F)c3)cc2C(Oc2cc(N3CCC4(CC3)CNC(C(=O)O)C4)nc(N)n2)C(F)(F)F)n1. The maximum atomic E-state index is 14.9. The van der Waals surface area contributed by atoms with E-state index in [0.717, 1.165) is 12.1 Å². The number of carboxylic acid groups (broad SMARTS) is 1. The molecule has 242 valence electrons. The first-order valence-corrected chi connectivity index (χ1v) is 14.5. The van der Waals surface area contributed by atoms with Crippen molar-refractivity contribution < 1.29 is 36.6 Å². The second-order valence-corrected chi connectivity index (χ2v) is 11.7. The summed E-state index contributed by atoms with van der Waals surface area (Å²) < 4.78 is 79.1. The predicted molar refractivity (Wildman–Crippen MR) is 157 cm³/mol. The molecular weight excluding hydrogens is 613 g/mol. The summed E-state index contributed by atoms with van der Waals surface area (Å²) in [4.78, 5) is 21.5. The van der Waals surface area contributed by atoms with Crippen molar-refractivity contribution in [3.63, 3.8) is 0 Å². The quantitative estimate of drug-likeness (QED) is 0.232. The van der Waals surface area contributed by atoms with Crippen LogP contribution in [0.1, 0.15) is 36.6 Å². The van der Waals surface area contributed by atoms with Gasteiger partial charge in [-0.1, -0.05) is 12.1 Å². The Morgan fingerprint density at radius 2 is 1.78 bits per heavy atom. The number of ether oxygens (including phenoxy) is 1. The minimum atomic E-state index is -4.96. The zero-order valence-corrected chi connectivity index (χ0v) is 24.6. The minimum Gasteiger partial charge on any atom is -0.480 e. The lowest BCUT2D eigenvalue weighted by molar-refractivity contribution is -0.198. The average molecular weight is 644 g/mol. The number of anilines is 2. The summed E-state index contributed by atoms with van der Waals surface area (Å²) >= 11 is 0. The molecule has 2 aliphatic rings. The molecule has 2 aliphatic heterocycles. The number of nitrogens with two attached hydrogens (primary N) is 1. The standard InChI is InChI=1S/C31H30F5N7O3/c1-17-6-9-43(41-17)24-5-3-18(19-2-4-21(32)22(33)13-19)12-20(24)27(31(34,35)36)46-26-14-25(39-29(37)40-26)42-10-7-30(8-11-42)15-23(28(44)45)38-16-30/h2-6,9,12-14,23,27,38H,7-8,10-11,15-16H2,1H3,(H,44,45)(H2,37,39,40). The molecule has 0 bridgehead atoms. The Bertz CT molecular complexity index is 1770. The third-order valence-corrected chi connectivity index (χ3v) is 8.58. The van der Waals surface area contributed by atoms with E-state index in [1.54, 1.807) is 13.0 Å². The highest BCUT2D eigenvalue weighted by molar-refractivity contribution is 5.74. The number of aromatic nitrogens is 4. The zero-order valence-electron chi connectivity index (χ0n) is 24.6. The lowest BCUT2D eigenvalue weighted by Gasteiger charge is -2.39. The Morgan fingerprint density at radius 3 is 2.41 bits per heavy atom. The predicted octanol–water partition coefficient (Wildman–Crippen LogP) is 5.21. The first-order chi connectivity index (χ1) is 21.8. The van der Waals surface area contributed by atoms with Crippen LogP contribution in [0.2, 0.25) is 0 Å². The van der Waals surface area contributed by atoms with Gasteiger partial charge in [-0.2, -0.15) is 28.2 Å². The summed E-state index contributed by atoms with van der Waals surface area (Å²) in [6.07, 6.45) is -4.23. The van der Waals surface area contributed by atoms with Gasteiger partial charge >= 0.3 is 12.1 Å². The van der Waals surface area contributed by atoms with Crippen LogP contribution in [-0.2, 0) is 4.79 Å². The fourth-order valence-electron chi connectivity index (χ4n) is 6.14. The number of alkyl halides is 3. The second kappa shape index (κ2) is 11.9. The molecule has 46 heavy (non-hydrogen) atoms. The molecule has 0 aliphatic carbocycles. The highest BCUT2D eigenvalue weighted by Crippen LogP contribution is 2.43. The van der Waals surface area contributed by atoms with Crippen molar-refractivity contribution in [3.8, 4) is 22.7 Å². The number of hydrogen-bond donors (Lipinski definition) is 3. The summed E-state index contributed by atoms with van der Waals surface area (Å²) in [5.41, 5.74) is 6.36. The highest BCUT2D eigenvalue weighted by Gasteiger charge is 2.46. The van der Waals surface area contributed by atoms with Gasteiger partial charge in [-0.3, -0.25) is 4.79 Å². The van der Waals surface area contributed by atoms with Gasteiger partial charge in [-0.05, 0) is 73.1 Å². The van der Waals surface area contributed by atoms with Crippen LogP contribution < -0.4 is 20.7 Å². The van der Waals surface area contributed by atoms with Gasteiger partial charge in [0.15, 0.2) is 11.6 Å². The van der Waals surface area contributed by atoms with Crippen molar-refractivity contribution in [1.29, 1.82) is 0 Å². The monoisotopic (exact) mass is 643 g/mol. The molecule has 2 aromatic heterocycles. The van der Waals surface area contributed by atoms with Crippen LogP contribution in [0, 0.1) is 24.0 Å². The van der Waals surface area contributed by atoms with Crippen LogP contribution in [0.5, 0.6) is 5.88 Å². The fourth-order valence-corrected chi connectivity index (χ4v) is 6.14. The van der Waals surface area contributed by atoms with Crippen LogP contribution in [-0.4, -0.2) is 62.7 Å². The van der Waals surface area contributed by atoms with E-state index < -0.39 is 41.8 Å². The molecule has 2 fully saturated rings. The van der Waals surface area contributed by atoms with Crippen LogP contribution in [0.25, 0.3) is 16.8 Å². The largest absolute Gasteiger partial charge is 0.480 e. The number of halogens is 5. The van der Waals surface area contributed by atoms with E-state index in [4.69, 9.17) is 10.5 Å². The Morgan fingerprint density at radius 1 is 1.07 bits per heavy atom. The lowest BCUT2D eigenvalue weighted by Crippen LogP contribution is -2.41. The van der Waals surface area contributed by atoms with Gasteiger partial charge in [0.25, 0.3) is 0 Å². The smallest absolute Gasteiger partial charge is 0.429 e. The Hall–Kier alpha value is -4.79. The fraction of sp³-hybridized carbons (Fsp3) is 0.355. The van der Waals surface area contributed by atoms with Gasteiger partial charge in [0.2, 0.25) is 17.9 Å². The van der Waals surface area contributed by atoms with E-state index in [1.807, 2.05) is 4.90 Å². The molecule has 2 saturated heterocycles.